The normalized spacial score (nSPS) is 11.6. The monoisotopic (exact) mass is 162 g/mol. The van der Waals surface area contributed by atoms with Crippen LogP contribution in [0.2, 0.25) is 0 Å². The molecule has 0 aromatic carbocycles. The Labute approximate surface area is 66.3 Å². The Morgan fingerprint density at radius 1 is 1.50 bits per heavy atom. The van der Waals surface area contributed by atoms with Gasteiger partial charge in [0.25, 0.3) is 0 Å². The Bertz CT molecular complexity index is 115. The number of carbonyl (C=O) groups is 1. The van der Waals surface area contributed by atoms with Crippen molar-refractivity contribution in [1.82, 2.24) is 0 Å². The average Bonchev–Trinajstić information content (AvgIpc) is 1.59. The van der Waals surface area contributed by atoms with Crippen molar-refractivity contribution in [1.29, 1.82) is 0 Å². The molecule has 0 saturated heterocycles. The largest absolute Gasteiger partial charge is 0.365 e. The Morgan fingerprint density at radius 2 is 2.00 bits per heavy atom. The van der Waals surface area contributed by atoms with Crippen molar-refractivity contribution in [2.75, 3.05) is 5.94 Å². The second kappa shape index (κ2) is 3.98. The van der Waals surface area contributed by atoms with E-state index in [4.69, 9.17) is 4.74 Å². The number of ether oxygens (including phenoxy) is 1. The number of hydrogen-bond donors (Lipinski definition) is 0. The number of carbonyl (C=O) groups excluding carboxylic acids is 1. The van der Waals surface area contributed by atoms with Crippen molar-refractivity contribution in [2.24, 2.45) is 0 Å². The molecular formula is C7H14O2S. The van der Waals surface area contributed by atoms with Crippen molar-refractivity contribution in [3.63, 3.8) is 0 Å². The Balaban J connectivity index is 3.29. The van der Waals surface area contributed by atoms with Crippen LogP contribution < -0.4 is 0 Å². The van der Waals surface area contributed by atoms with E-state index in [0.717, 1.165) is 0 Å². The fourth-order valence-corrected chi connectivity index (χ4v) is 0.868. The highest BCUT2D eigenvalue weighted by molar-refractivity contribution is 8.13. The van der Waals surface area contributed by atoms with Crippen molar-refractivity contribution < 1.29 is 9.53 Å². The van der Waals surface area contributed by atoms with Gasteiger partial charge in [-0.15, -0.1) is 0 Å². The molecule has 0 N–H and O–H groups in total. The molecule has 0 aromatic heterocycles. The van der Waals surface area contributed by atoms with E-state index in [0.29, 0.717) is 5.94 Å². The van der Waals surface area contributed by atoms with Crippen LogP contribution >= 0.6 is 11.8 Å². The van der Waals surface area contributed by atoms with Gasteiger partial charge >= 0.3 is 0 Å². The van der Waals surface area contributed by atoms with Crippen LogP contribution in [0, 0.1) is 0 Å². The first-order valence-corrected chi connectivity index (χ1v) is 4.18. The van der Waals surface area contributed by atoms with Gasteiger partial charge in [0.2, 0.25) is 0 Å². The lowest BCUT2D eigenvalue weighted by atomic mass is 10.2. The zero-order valence-electron chi connectivity index (χ0n) is 6.93. The third-order valence-corrected chi connectivity index (χ3v) is 1.40. The van der Waals surface area contributed by atoms with E-state index in [1.165, 1.54) is 18.7 Å². The lowest BCUT2D eigenvalue weighted by Gasteiger charge is -2.18. The first-order chi connectivity index (χ1) is 4.42. The molecule has 0 atom stereocenters. The summed E-state index contributed by atoms with van der Waals surface area (Å²) in [6, 6.07) is 0. The Hall–Kier alpha value is -0.0200. The molecule has 60 valence electrons. The second-order valence-electron chi connectivity index (χ2n) is 3.01. The molecule has 0 aliphatic carbocycles. The van der Waals surface area contributed by atoms with Gasteiger partial charge < -0.3 is 4.74 Å². The smallest absolute Gasteiger partial charge is 0.188 e. The Morgan fingerprint density at radius 3 is 2.30 bits per heavy atom. The van der Waals surface area contributed by atoms with E-state index in [1.807, 2.05) is 20.8 Å². The molecule has 0 aliphatic heterocycles. The molecule has 0 aromatic rings. The highest BCUT2D eigenvalue weighted by Crippen LogP contribution is 2.11. The molecule has 0 spiro atoms. The van der Waals surface area contributed by atoms with E-state index in [9.17, 15) is 4.79 Å². The fraction of sp³-hybridized carbons (Fsp3) is 0.857. The molecule has 0 bridgehead atoms. The summed E-state index contributed by atoms with van der Waals surface area (Å²) in [5, 5.41) is 0.101. The van der Waals surface area contributed by atoms with Gasteiger partial charge in [0, 0.05) is 6.92 Å². The van der Waals surface area contributed by atoms with Gasteiger partial charge in [-0.2, -0.15) is 0 Å². The van der Waals surface area contributed by atoms with E-state index in [-0.39, 0.29) is 10.7 Å². The van der Waals surface area contributed by atoms with Gasteiger partial charge in [-0.05, 0) is 20.8 Å². The van der Waals surface area contributed by atoms with Crippen molar-refractivity contribution >= 4 is 16.9 Å². The first kappa shape index (κ1) is 9.98. The van der Waals surface area contributed by atoms with Gasteiger partial charge in [-0.1, -0.05) is 11.8 Å². The van der Waals surface area contributed by atoms with Crippen molar-refractivity contribution in [2.45, 2.75) is 33.3 Å². The fourth-order valence-electron chi connectivity index (χ4n) is 0.289. The lowest BCUT2D eigenvalue weighted by Crippen LogP contribution is -2.18. The maximum Gasteiger partial charge on any atom is 0.188 e. The topological polar surface area (TPSA) is 26.3 Å². The van der Waals surface area contributed by atoms with Crippen LogP contribution in [0.3, 0.4) is 0 Å². The maximum atomic E-state index is 10.4. The number of rotatable bonds is 2. The van der Waals surface area contributed by atoms with Gasteiger partial charge in [-0.25, -0.2) is 0 Å². The lowest BCUT2D eigenvalue weighted by molar-refractivity contribution is -0.109. The zero-order chi connectivity index (χ0) is 8.20. The van der Waals surface area contributed by atoms with E-state index in [1.54, 1.807) is 0 Å². The van der Waals surface area contributed by atoms with Crippen LogP contribution in [-0.4, -0.2) is 16.7 Å². The third kappa shape index (κ3) is 7.98. The third-order valence-electron chi connectivity index (χ3n) is 0.754. The summed E-state index contributed by atoms with van der Waals surface area (Å²) >= 11 is 1.20. The van der Waals surface area contributed by atoms with Crippen LogP contribution in [0.25, 0.3) is 0 Å². The summed E-state index contributed by atoms with van der Waals surface area (Å²) < 4.78 is 5.28. The van der Waals surface area contributed by atoms with E-state index >= 15 is 0 Å². The van der Waals surface area contributed by atoms with Gasteiger partial charge in [0.05, 0.1) is 5.60 Å². The minimum atomic E-state index is -0.136. The standard InChI is InChI=1S/C7H14O2S/c1-6(8)10-5-9-7(2,3)4/h5H2,1-4H3. The molecule has 0 amide bonds. The number of hydrogen-bond acceptors (Lipinski definition) is 3. The second-order valence-corrected chi connectivity index (χ2v) is 4.11. The summed E-state index contributed by atoms with van der Waals surface area (Å²) in [5.74, 6) is 0.457. The van der Waals surface area contributed by atoms with E-state index < -0.39 is 0 Å². The van der Waals surface area contributed by atoms with Crippen LogP contribution in [-0.2, 0) is 9.53 Å². The van der Waals surface area contributed by atoms with Crippen LogP contribution in [0.4, 0.5) is 0 Å². The molecule has 0 radical (unpaired) electrons. The molecule has 3 heteroatoms. The molecular weight excluding hydrogens is 148 g/mol. The molecule has 0 heterocycles. The summed E-state index contributed by atoms with van der Waals surface area (Å²) in [5.41, 5.74) is -0.136. The van der Waals surface area contributed by atoms with Gasteiger partial charge in [0.1, 0.15) is 5.94 Å². The van der Waals surface area contributed by atoms with Crippen LogP contribution in [0.15, 0.2) is 0 Å². The maximum absolute atomic E-state index is 10.4. The summed E-state index contributed by atoms with van der Waals surface area (Å²) in [6.45, 7) is 7.44. The van der Waals surface area contributed by atoms with Crippen molar-refractivity contribution in [3.8, 4) is 0 Å². The SMILES string of the molecule is CC(=O)SCOC(C)(C)C. The highest BCUT2D eigenvalue weighted by Gasteiger charge is 2.09. The van der Waals surface area contributed by atoms with E-state index in [2.05, 4.69) is 0 Å². The minimum absolute atomic E-state index is 0.101. The molecule has 0 fully saturated rings. The van der Waals surface area contributed by atoms with Gasteiger partial charge in [0.15, 0.2) is 5.12 Å². The number of thioether (sulfide) groups is 1. The molecule has 0 saturated carbocycles. The molecule has 0 aliphatic rings. The quantitative estimate of drug-likeness (QED) is 0.581. The van der Waals surface area contributed by atoms with Gasteiger partial charge in [-0.3, -0.25) is 4.79 Å². The molecule has 2 nitrogen and oxygen atoms in total. The van der Waals surface area contributed by atoms with Crippen molar-refractivity contribution in [3.05, 3.63) is 0 Å². The Kier molecular flexibility index (Phi) is 3.98. The average molecular weight is 162 g/mol. The predicted octanol–water partition coefficient (Wildman–Crippen LogP) is 2.04. The van der Waals surface area contributed by atoms with Crippen LogP contribution in [0.1, 0.15) is 27.7 Å². The van der Waals surface area contributed by atoms with Crippen LogP contribution in [0.5, 0.6) is 0 Å². The first-order valence-electron chi connectivity index (χ1n) is 3.19. The summed E-state index contributed by atoms with van der Waals surface area (Å²) in [4.78, 5) is 10.4. The zero-order valence-corrected chi connectivity index (χ0v) is 7.75. The molecule has 0 rings (SSSR count). The highest BCUT2D eigenvalue weighted by atomic mass is 32.2. The predicted molar refractivity (Wildman–Crippen MR) is 44.0 cm³/mol. The summed E-state index contributed by atoms with van der Waals surface area (Å²) in [6.07, 6.45) is 0. The molecule has 10 heavy (non-hydrogen) atoms. The molecule has 0 unspecified atom stereocenters. The summed E-state index contributed by atoms with van der Waals surface area (Å²) in [7, 11) is 0. The minimum Gasteiger partial charge on any atom is -0.365 e.